The van der Waals surface area contributed by atoms with Crippen LogP contribution in [0, 0.1) is 0 Å². The van der Waals surface area contributed by atoms with Crippen LogP contribution in [0.15, 0.2) is 45.5 Å². The van der Waals surface area contributed by atoms with E-state index in [1.54, 1.807) is 12.1 Å². The fourth-order valence-corrected chi connectivity index (χ4v) is 10.1. The van der Waals surface area contributed by atoms with Crippen molar-refractivity contribution in [3.05, 3.63) is 46.3 Å². The molecule has 1 aliphatic rings. The highest BCUT2D eigenvalue weighted by Crippen LogP contribution is 2.32. The molecular formula is C16H19ClN2O6S4. The standard InChI is InChI=1S/C16H19ClN2O6S4/c17-15-5-6-16(26-15)28(22,23)14-10-27(20,21)9-13(14)19-8-7-11-1-3-12(4-2-11)29(18,24)25/h1-6,13-14,19H,7-10H2,(H2,18,24,25)/t13-,14-/m0/s1. The Labute approximate surface area is 179 Å². The van der Waals surface area contributed by atoms with Crippen molar-refractivity contribution in [2.45, 2.75) is 26.8 Å². The van der Waals surface area contributed by atoms with Crippen LogP contribution in [-0.2, 0) is 36.1 Å². The first kappa shape index (κ1) is 22.7. The van der Waals surface area contributed by atoms with E-state index in [1.807, 2.05) is 0 Å². The Morgan fingerprint density at radius 3 is 2.28 bits per heavy atom. The van der Waals surface area contributed by atoms with Gasteiger partial charge in [0.25, 0.3) is 0 Å². The van der Waals surface area contributed by atoms with Crippen LogP contribution in [0.3, 0.4) is 0 Å². The summed E-state index contributed by atoms with van der Waals surface area (Å²) in [7, 11) is -11.1. The van der Waals surface area contributed by atoms with Crippen molar-refractivity contribution in [1.82, 2.24) is 5.32 Å². The Morgan fingerprint density at radius 2 is 1.72 bits per heavy atom. The Bertz CT molecular complexity index is 1200. The van der Waals surface area contributed by atoms with Gasteiger partial charge in [0.05, 0.1) is 26.0 Å². The summed E-state index contributed by atoms with van der Waals surface area (Å²) < 4.78 is 72.9. The monoisotopic (exact) mass is 498 g/mol. The predicted molar refractivity (Wildman–Crippen MR) is 112 cm³/mol. The first-order chi connectivity index (χ1) is 13.4. The first-order valence-electron chi connectivity index (χ1n) is 8.43. The largest absolute Gasteiger partial charge is 0.311 e. The molecular weight excluding hydrogens is 480 g/mol. The SMILES string of the molecule is NS(=O)(=O)c1ccc(CCN[C@H]2CS(=O)(=O)C[C@@H]2S(=O)(=O)c2ccc(Cl)s2)cc1. The highest BCUT2D eigenvalue weighted by molar-refractivity contribution is 7.97. The topological polar surface area (TPSA) is 140 Å². The average Bonchev–Trinajstić information content (AvgIpc) is 3.18. The van der Waals surface area contributed by atoms with Gasteiger partial charge in [-0.05, 0) is 42.8 Å². The van der Waals surface area contributed by atoms with Crippen LogP contribution in [0.1, 0.15) is 5.56 Å². The molecule has 0 amide bonds. The van der Waals surface area contributed by atoms with Gasteiger partial charge in [-0.15, -0.1) is 11.3 Å². The zero-order chi connectivity index (χ0) is 21.4. The highest BCUT2D eigenvalue weighted by atomic mass is 35.5. The number of benzene rings is 1. The van der Waals surface area contributed by atoms with Gasteiger partial charge in [0.1, 0.15) is 4.21 Å². The van der Waals surface area contributed by atoms with Crippen LogP contribution in [-0.4, -0.2) is 54.6 Å². The minimum atomic E-state index is -3.84. The van der Waals surface area contributed by atoms with Crippen LogP contribution in [0.5, 0.6) is 0 Å². The maximum Gasteiger partial charge on any atom is 0.238 e. The number of sulfonamides is 1. The zero-order valence-electron chi connectivity index (χ0n) is 15.0. The van der Waals surface area contributed by atoms with Crippen molar-refractivity contribution >= 4 is 52.6 Å². The fraction of sp³-hybridized carbons (Fsp3) is 0.375. The molecule has 0 spiro atoms. The average molecular weight is 499 g/mol. The molecule has 2 aromatic rings. The summed E-state index contributed by atoms with van der Waals surface area (Å²) in [6.45, 7) is 0.326. The second kappa shape index (κ2) is 8.25. The van der Waals surface area contributed by atoms with Crippen molar-refractivity contribution in [2.24, 2.45) is 5.14 Å². The molecule has 1 aromatic heterocycles. The van der Waals surface area contributed by atoms with Gasteiger partial charge in [-0.2, -0.15) is 0 Å². The predicted octanol–water partition coefficient (Wildman–Crippen LogP) is 0.821. The normalized spacial score (nSPS) is 22.0. The molecule has 160 valence electrons. The van der Waals surface area contributed by atoms with Crippen molar-refractivity contribution in [3.63, 3.8) is 0 Å². The van der Waals surface area contributed by atoms with Crippen LogP contribution >= 0.6 is 22.9 Å². The molecule has 1 fully saturated rings. The molecule has 29 heavy (non-hydrogen) atoms. The third kappa shape index (κ3) is 5.37. The quantitative estimate of drug-likeness (QED) is 0.575. The van der Waals surface area contributed by atoms with E-state index in [9.17, 15) is 25.3 Å². The summed E-state index contributed by atoms with van der Waals surface area (Å²) in [5.41, 5.74) is 0.801. The van der Waals surface area contributed by atoms with Gasteiger partial charge in [0.15, 0.2) is 19.7 Å². The minimum absolute atomic E-state index is 0.00291. The number of halogens is 1. The van der Waals surface area contributed by atoms with E-state index < -0.39 is 46.7 Å². The van der Waals surface area contributed by atoms with Crippen LogP contribution in [0.4, 0.5) is 0 Å². The number of primary sulfonamides is 1. The molecule has 3 N–H and O–H groups in total. The van der Waals surface area contributed by atoms with E-state index >= 15 is 0 Å². The molecule has 2 heterocycles. The third-order valence-electron chi connectivity index (χ3n) is 4.60. The molecule has 13 heteroatoms. The van der Waals surface area contributed by atoms with E-state index in [4.69, 9.17) is 16.7 Å². The van der Waals surface area contributed by atoms with Crippen LogP contribution in [0.2, 0.25) is 4.34 Å². The Morgan fingerprint density at radius 1 is 1.07 bits per heavy atom. The molecule has 0 bridgehead atoms. The molecule has 2 atom stereocenters. The van der Waals surface area contributed by atoms with E-state index in [0.717, 1.165) is 16.9 Å². The molecule has 1 aromatic carbocycles. The van der Waals surface area contributed by atoms with Crippen molar-refractivity contribution in [3.8, 4) is 0 Å². The summed E-state index contributed by atoms with van der Waals surface area (Å²) in [6, 6.07) is 8.10. The highest BCUT2D eigenvalue weighted by Gasteiger charge is 2.46. The van der Waals surface area contributed by atoms with Gasteiger partial charge in [0.2, 0.25) is 10.0 Å². The van der Waals surface area contributed by atoms with E-state index in [-0.39, 0.29) is 14.9 Å². The molecule has 0 aliphatic carbocycles. The number of nitrogens with one attached hydrogen (secondary N) is 1. The van der Waals surface area contributed by atoms with Crippen molar-refractivity contribution in [1.29, 1.82) is 0 Å². The van der Waals surface area contributed by atoms with Gasteiger partial charge in [-0.1, -0.05) is 23.7 Å². The summed E-state index contributed by atoms with van der Waals surface area (Å²) in [5.74, 6) is -0.702. The second-order valence-corrected chi connectivity index (χ2v) is 14.5. The summed E-state index contributed by atoms with van der Waals surface area (Å²) >= 11 is 6.73. The van der Waals surface area contributed by atoms with Gasteiger partial charge in [0, 0.05) is 6.04 Å². The number of nitrogens with two attached hydrogens (primary N) is 1. The number of hydrogen-bond donors (Lipinski definition) is 2. The summed E-state index contributed by atoms with van der Waals surface area (Å²) in [5, 5.41) is 7.00. The van der Waals surface area contributed by atoms with Crippen molar-refractivity contribution < 1.29 is 25.3 Å². The number of hydrogen-bond acceptors (Lipinski definition) is 8. The van der Waals surface area contributed by atoms with E-state index in [2.05, 4.69) is 5.32 Å². The maximum absolute atomic E-state index is 12.9. The van der Waals surface area contributed by atoms with Crippen LogP contribution < -0.4 is 10.5 Å². The first-order valence-corrected chi connectivity index (χ1v) is 14.5. The fourth-order valence-electron chi connectivity index (χ4n) is 3.16. The maximum atomic E-state index is 12.9. The minimum Gasteiger partial charge on any atom is -0.311 e. The number of rotatable bonds is 7. The van der Waals surface area contributed by atoms with Crippen LogP contribution in [0.25, 0.3) is 0 Å². The lowest BCUT2D eigenvalue weighted by molar-refractivity contribution is 0.529. The van der Waals surface area contributed by atoms with E-state index in [0.29, 0.717) is 17.3 Å². The molecule has 1 aliphatic heterocycles. The molecule has 0 saturated carbocycles. The third-order valence-corrected chi connectivity index (χ3v) is 11.4. The Balaban J connectivity index is 1.70. The second-order valence-electron chi connectivity index (χ2n) is 6.72. The lowest BCUT2D eigenvalue weighted by Crippen LogP contribution is -2.43. The molecule has 3 rings (SSSR count). The lowest BCUT2D eigenvalue weighted by atomic mass is 10.1. The van der Waals surface area contributed by atoms with Gasteiger partial charge < -0.3 is 5.32 Å². The summed E-state index contributed by atoms with van der Waals surface area (Å²) in [6.07, 6.45) is 0.457. The van der Waals surface area contributed by atoms with Gasteiger partial charge >= 0.3 is 0 Å². The van der Waals surface area contributed by atoms with Gasteiger partial charge in [-0.3, -0.25) is 0 Å². The zero-order valence-corrected chi connectivity index (χ0v) is 19.0. The Kier molecular flexibility index (Phi) is 6.45. The molecule has 0 radical (unpaired) electrons. The summed E-state index contributed by atoms with van der Waals surface area (Å²) in [4.78, 5) is -0.00291. The molecule has 8 nitrogen and oxygen atoms in total. The number of sulfone groups is 2. The molecule has 0 unspecified atom stereocenters. The smallest absolute Gasteiger partial charge is 0.238 e. The number of thiophene rings is 1. The van der Waals surface area contributed by atoms with E-state index in [1.165, 1.54) is 24.3 Å². The van der Waals surface area contributed by atoms with Crippen molar-refractivity contribution in [2.75, 3.05) is 18.1 Å². The lowest BCUT2D eigenvalue weighted by Gasteiger charge is -2.19. The van der Waals surface area contributed by atoms with Gasteiger partial charge in [-0.25, -0.2) is 30.4 Å². The molecule has 1 saturated heterocycles. The Hall–Kier alpha value is -1.02.